The van der Waals surface area contributed by atoms with Gasteiger partial charge in [-0.05, 0) is 78.6 Å². The van der Waals surface area contributed by atoms with Gasteiger partial charge in [0.2, 0.25) is 5.79 Å². The summed E-state index contributed by atoms with van der Waals surface area (Å²) in [5, 5.41) is 16.0. The Bertz CT molecular complexity index is 2050. The SMILES string of the molecule is C[C@H](NC(=O)c1ccc2c(c1)[C@H]([C@@]1(O)O[C@@H](C)[C@@H](OCc3ccccc3)[C@@H](OCc3ccccc3)[C@@H]1OCc1ccccc1)CCC2)C(=O)OCc1ccccc1. The summed E-state index contributed by atoms with van der Waals surface area (Å²) in [5.74, 6) is -3.41. The van der Waals surface area contributed by atoms with Gasteiger partial charge in [0.1, 0.15) is 31.0 Å². The lowest BCUT2D eigenvalue weighted by Crippen LogP contribution is -2.68. The third kappa shape index (κ3) is 9.87. The number of hydrogen-bond acceptors (Lipinski definition) is 8. The van der Waals surface area contributed by atoms with Crippen LogP contribution in [-0.2, 0) is 61.3 Å². The van der Waals surface area contributed by atoms with Gasteiger partial charge in [-0.15, -0.1) is 0 Å². The van der Waals surface area contributed by atoms with Crippen molar-refractivity contribution in [3.63, 3.8) is 0 Å². The Morgan fingerprint density at radius 3 is 1.79 bits per heavy atom. The lowest BCUT2D eigenvalue weighted by molar-refractivity contribution is -0.372. The number of hydrogen-bond donors (Lipinski definition) is 2. The predicted octanol–water partition coefficient (Wildman–Crippen LogP) is 7.83. The Balaban J connectivity index is 1.18. The number of carbonyl (C=O) groups is 2. The maximum absolute atomic E-state index is 13.7. The fourth-order valence-corrected chi connectivity index (χ4v) is 7.87. The van der Waals surface area contributed by atoms with Gasteiger partial charge in [0, 0.05) is 11.5 Å². The van der Waals surface area contributed by atoms with Crippen LogP contribution in [0, 0.1) is 0 Å². The first-order valence-electron chi connectivity index (χ1n) is 19.8. The molecule has 9 heteroatoms. The largest absolute Gasteiger partial charge is 0.459 e. The highest BCUT2D eigenvalue weighted by atomic mass is 16.7. The van der Waals surface area contributed by atoms with Crippen molar-refractivity contribution < 1.29 is 38.4 Å². The van der Waals surface area contributed by atoms with Crippen molar-refractivity contribution in [1.82, 2.24) is 5.32 Å². The molecule has 7 atom stereocenters. The van der Waals surface area contributed by atoms with Crippen LogP contribution in [0.25, 0.3) is 0 Å². The summed E-state index contributed by atoms with van der Waals surface area (Å²) < 4.78 is 32.5. The molecule has 0 saturated carbocycles. The fourth-order valence-electron chi connectivity index (χ4n) is 7.87. The first kappa shape index (κ1) is 40.1. The molecule has 1 heterocycles. The zero-order valence-corrected chi connectivity index (χ0v) is 32.5. The quantitative estimate of drug-likeness (QED) is 0.104. The molecule has 7 rings (SSSR count). The zero-order chi connectivity index (χ0) is 39.6. The van der Waals surface area contributed by atoms with Gasteiger partial charge >= 0.3 is 5.97 Å². The molecule has 0 unspecified atom stereocenters. The van der Waals surface area contributed by atoms with Crippen LogP contribution in [0.4, 0.5) is 0 Å². The van der Waals surface area contributed by atoms with E-state index in [9.17, 15) is 14.7 Å². The highest BCUT2D eigenvalue weighted by Gasteiger charge is 2.59. The number of aryl methyl sites for hydroxylation is 1. The molecule has 1 aliphatic carbocycles. The second kappa shape index (κ2) is 18.9. The van der Waals surface area contributed by atoms with Gasteiger partial charge in [-0.25, -0.2) is 4.79 Å². The topological polar surface area (TPSA) is 113 Å². The molecular formula is C48H51NO8. The van der Waals surface area contributed by atoms with E-state index in [2.05, 4.69) is 5.32 Å². The molecule has 5 aromatic carbocycles. The van der Waals surface area contributed by atoms with E-state index in [0.717, 1.165) is 46.2 Å². The van der Waals surface area contributed by atoms with E-state index in [-0.39, 0.29) is 19.8 Å². The van der Waals surface area contributed by atoms with E-state index in [0.29, 0.717) is 18.6 Å². The third-order valence-corrected chi connectivity index (χ3v) is 10.9. The van der Waals surface area contributed by atoms with Crippen LogP contribution in [0.15, 0.2) is 140 Å². The minimum atomic E-state index is -1.87. The van der Waals surface area contributed by atoms with E-state index < -0.39 is 54.0 Å². The Labute approximate surface area is 334 Å². The van der Waals surface area contributed by atoms with Crippen LogP contribution in [0.1, 0.15) is 76.3 Å². The monoisotopic (exact) mass is 769 g/mol. The van der Waals surface area contributed by atoms with Gasteiger partial charge in [0.25, 0.3) is 5.91 Å². The molecule has 57 heavy (non-hydrogen) atoms. The minimum Gasteiger partial charge on any atom is -0.459 e. The molecule has 0 aromatic heterocycles. The summed E-state index contributed by atoms with van der Waals surface area (Å²) in [7, 11) is 0. The highest BCUT2D eigenvalue weighted by molar-refractivity contribution is 5.97. The van der Waals surface area contributed by atoms with Crippen LogP contribution in [0.5, 0.6) is 0 Å². The molecule has 2 aliphatic rings. The number of esters is 1. The molecule has 1 saturated heterocycles. The summed E-state index contributed by atoms with van der Waals surface area (Å²) in [6.07, 6.45) is -0.794. The van der Waals surface area contributed by atoms with Crippen molar-refractivity contribution in [2.24, 2.45) is 0 Å². The van der Waals surface area contributed by atoms with Crippen molar-refractivity contribution >= 4 is 11.9 Å². The Hall–Kier alpha value is -5.16. The normalized spacial score (nSPS) is 23.5. The number of amides is 1. The number of carbonyl (C=O) groups excluding carboxylic acids is 2. The second-order valence-electron chi connectivity index (χ2n) is 15.0. The van der Waals surface area contributed by atoms with E-state index in [1.165, 1.54) is 0 Å². The maximum atomic E-state index is 13.7. The van der Waals surface area contributed by atoms with Gasteiger partial charge in [-0.1, -0.05) is 127 Å². The van der Waals surface area contributed by atoms with E-state index >= 15 is 0 Å². The average Bonchev–Trinajstić information content (AvgIpc) is 3.25. The molecule has 0 spiro atoms. The van der Waals surface area contributed by atoms with Crippen molar-refractivity contribution in [3.05, 3.63) is 178 Å². The second-order valence-corrected chi connectivity index (χ2v) is 15.0. The van der Waals surface area contributed by atoms with Gasteiger partial charge < -0.3 is 34.1 Å². The summed E-state index contributed by atoms with van der Waals surface area (Å²) in [4.78, 5) is 26.5. The Morgan fingerprint density at radius 2 is 1.23 bits per heavy atom. The molecule has 0 radical (unpaired) electrons. The minimum absolute atomic E-state index is 0.110. The summed E-state index contributed by atoms with van der Waals surface area (Å²) >= 11 is 0. The van der Waals surface area contributed by atoms with Gasteiger partial charge in [-0.3, -0.25) is 4.79 Å². The molecule has 9 nitrogen and oxygen atoms in total. The van der Waals surface area contributed by atoms with Crippen LogP contribution >= 0.6 is 0 Å². The summed E-state index contributed by atoms with van der Waals surface area (Å²) in [5.41, 5.74) is 5.92. The van der Waals surface area contributed by atoms with Gasteiger partial charge in [-0.2, -0.15) is 0 Å². The first-order chi connectivity index (χ1) is 27.8. The van der Waals surface area contributed by atoms with Crippen LogP contribution in [0.3, 0.4) is 0 Å². The molecule has 5 aromatic rings. The van der Waals surface area contributed by atoms with Crippen molar-refractivity contribution in [2.45, 2.75) is 102 Å². The lowest BCUT2D eigenvalue weighted by Gasteiger charge is -2.53. The molecule has 2 N–H and O–H groups in total. The van der Waals surface area contributed by atoms with Crippen LogP contribution < -0.4 is 5.32 Å². The zero-order valence-electron chi connectivity index (χ0n) is 32.5. The van der Waals surface area contributed by atoms with Gasteiger partial charge in [0.05, 0.1) is 25.9 Å². The number of rotatable bonds is 15. The van der Waals surface area contributed by atoms with Crippen LogP contribution in [0.2, 0.25) is 0 Å². The number of ether oxygens (including phenoxy) is 5. The molecule has 1 aliphatic heterocycles. The maximum Gasteiger partial charge on any atom is 0.328 e. The standard InChI is InChI=1S/C48H51NO8/c1-33(47(51)56-32-38-22-13-6-14-23-38)49-46(50)40-27-26-39-24-15-25-42(41(39)28-40)48(52)45(55-31-37-20-11-5-12-21-37)44(54-30-36-18-9-4-10-19-36)43(34(2)57-48)53-29-35-16-7-3-8-17-35/h3-14,16-23,26-28,33-34,42-45,52H,15,24-25,29-32H2,1-2H3,(H,49,50)/t33-,34-,42+,43+,44+,45-,48+/m0/s1. The van der Waals surface area contributed by atoms with Gasteiger partial charge in [0.15, 0.2) is 0 Å². The molecule has 1 fully saturated rings. The number of aliphatic hydroxyl groups is 1. The summed E-state index contributed by atoms with van der Waals surface area (Å²) in [6.45, 7) is 4.40. The Kier molecular flexibility index (Phi) is 13.2. The Morgan fingerprint density at radius 1 is 0.719 bits per heavy atom. The molecule has 1 amide bonds. The molecular weight excluding hydrogens is 719 g/mol. The van der Waals surface area contributed by atoms with E-state index in [1.807, 2.05) is 140 Å². The van der Waals surface area contributed by atoms with Crippen LogP contribution in [-0.4, -0.2) is 53.2 Å². The van der Waals surface area contributed by atoms with E-state index in [1.54, 1.807) is 13.0 Å². The number of nitrogens with one attached hydrogen (secondary N) is 1. The fraction of sp³-hybridized carbons (Fsp3) is 0.333. The number of fused-ring (bicyclic) bond motifs is 1. The first-order valence-corrected chi connectivity index (χ1v) is 19.8. The lowest BCUT2D eigenvalue weighted by atomic mass is 9.73. The summed E-state index contributed by atoms with van der Waals surface area (Å²) in [6, 6.07) is 43.7. The van der Waals surface area contributed by atoms with Crippen molar-refractivity contribution in [2.75, 3.05) is 0 Å². The smallest absolute Gasteiger partial charge is 0.328 e. The van der Waals surface area contributed by atoms with Crippen molar-refractivity contribution in [1.29, 1.82) is 0 Å². The third-order valence-electron chi connectivity index (χ3n) is 10.9. The van der Waals surface area contributed by atoms with Crippen molar-refractivity contribution in [3.8, 4) is 0 Å². The number of benzene rings is 5. The highest BCUT2D eigenvalue weighted by Crippen LogP contribution is 2.48. The van der Waals surface area contributed by atoms with E-state index in [4.69, 9.17) is 23.7 Å². The molecule has 0 bridgehead atoms. The average molecular weight is 770 g/mol. The molecule has 296 valence electrons. The predicted molar refractivity (Wildman–Crippen MR) is 216 cm³/mol.